The molecular weight excluding hydrogens is 240 g/mol. The van der Waals surface area contributed by atoms with Gasteiger partial charge in [-0.15, -0.1) is 0 Å². The van der Waals surface area contributed by atoms with Gasteiger partial charge >= 0.3 is 5.97 Å². The first kappa shape index (κ1) is 13.8. The van der Waals surface area contributed by atoms with Crippen LogP contribution in [0.25, 0.3) is 0 Å². The summed E-state index contributed by atoms with van der Waals surface area (Å²) < 4.78 is 4.67. The molecule has 0 bridgehead atoms. The molecule has 0 radical (unpaired) electrons. The van der Waals surface area contributed by atoms with Crippen LogP contribution in [0.15, 0.2) is 18.2 Å². The van der Waals surface area contributed by atoms with Crippen molar-refractivity contribution in [3.8, 4) is 11.5 Å². The number of phenolic OH excluding ortho intramolecular Hbond substituents is 2. The molecule has 3 N–H and O–H groups in total. The second-order valence-electron chi connectivity index (χ2n) is 3.38. The molecule has 0 spiro atoms. The average molecular weight is 252 g/mol. The maximum absolute atomic E-state index is 11.4. The van der Waals surface area contributed by atoms with E-state index in [0.717, 1.165) is 18.2 Å². The van der Waals surface area contributed by atoms with Crippen molar-refractivity contribution in [2.45, 2.75) is 13.0 Å². The van der Waals surface area contributed by atoms with E-state index in [4.69, 9.17) is 0 Å². The predicted molar refractivity (Wildman–Crippen MR) is 61.0 cm³/mol. The number of aliphatic hydroxyl groups is 1. The van der Waals surface area contributed by atoms with Crippen molar-refractivity contribution in [3.05, 3.63) is 29.3 Å². The first-order valence-corrected chi connectivity index (χ1v) is 5.13. The van der Waals surface area contributed by atoms with E-state index in [2.05, 4.69) is 4.74 Å². The van der Waals surface area contributed by atoms with Crippen molar-refractivity contribution in [1.29, 1.82) is 0 Å². The lowest BCUT2D eigenvalue weighted by Gasteiger charge is -2.11. The summed E-state index contributed by atoms with van der Waals surface area (Å²) in [6.07, 6.45) is -0.650. The summed E-state index contributed by atoms with van der Waals surface area (Å²) in [5, 5.41) is 28.6. The Labute approximate surface area is 103 Å². The molecule has 0 heterocycles. The molecule has 0 saturated carbocycles. The summed E-state index contributed by atoms with van der Waals surface area (Å²) >= 11 is 0. The third kappa shape index (κ3) is 2.88. The van der Waals surface area contributed by atoms with Crippen molar-refractivity contribution >= 4 is 11.9 Å². The van der Waals surface area contributed by atoms with E-state index in [1.165, 1.54) is 5.94 Å². The standard InChI is InChI=1S/C12H12O6/c1-2-18-12(17)8-6-10(15)7(5-11(8)16)9(14)3-4-13/h3,5-6,9,14-16H,2H2,1H3. The molecule has 0 amide bonds. The summed E-state index contributed by atoms with van der Waals surface area (Å²) in [6, 6.07) is 1.95. The van der Waals surface area contributed by atoms with Crippen molar-refractivity contribution in [3.63, 3.8) is 0 Å². The summed E-state index contributed by atoms with van der Waals surface area (Å²) in [5.74, 6) is -0.327. The van der Waals surface area contributed by atoms with Crippen LogP contribution in [-0.2, 0) is 9.53 Å². The fourth-order valence-corrected chi connectivity index (χ4v) is 1.36. The molecule has 1 rings (SSSR count). The minimum absolute atomic E-state index is 0.108. The molecule has 1 atom stereocenters. The minimum Gasteiger partial charge on any atom is -0.508 e. The van der Waals surface area contributed by atoms with Crippen LogP contribution in [0.5, 0.6) is 11.5 Å². The molecule has 0 saturated heterocycles. The van der Waals surface area contributed by atoms with Crippen LogP contribution in [0.1, 0.15) is 28.9 Å². The van der Waals surface area contributed by atoms with Gasteiger partial charge in [0.2, 0.25) is 0 Å². The number of rotatable bonds is 4. The zero-order valence-corrected chi connectivity index (χ0v) is 9.58. The predicted octanol–water partition coefficient (Wildman–Crippen LogP) is 0.696. The molecule has 0 aliphatic heterocycles. The highest BCUT2D eigenvalue weighted by molar-refractivity contribution is 5.93. The van der Waals surface area contributed by atoms with Crippen LogP contribution in [0.2, 0.25) is 0 Å². The number of aromatic hydroxyl groups is 2. The lowest BCUT2D eigenvalue weighted by molar-refractivity contribution is 0.0522. The molecule has 0 aliphatic rings. The van der Waals surface area contributed by atoms with Gasteiger partial charge in [-0.25, -0.2) is 9.59 Å². The summed E-state index contributed by atoms with van der Waals surface area (Å²) in [5.41, 5.74) is -0.329. The number of hydrogen-bond acceptors (Lipinski definition) is 6. The Morgan fingerprint density at radius 3 is 2.67 bits per heavy atom. The number of esters is 1. The van der Waals surface area contributed by atoms with E-state index in [0.29, 0.717) is 0 Å². The Bertz CT molecular complexity index is 502. The molecule has 1 aromatic rings. The molecule has 6 nitrogen and oxygen atoms in total. The monoisotopic (exact) mass is 252 g/mol. The molecule has 96 valence electrons. The fraction of sp³-hybridized carbons (Fsp3) is 0.250. The van der Waals surface area contributed by atoms with Gasteiger partial charge in [0.05, 0.1) is 6.61 Å². The number of phenols is 2. The minimum atomic E-state index is -1.41. The normalized spacial score (nSPS) is 11.4. The Morgan fingerprint density at radius 1 is 1.44 bits per heavy atom. The zero-order chi connectivity index (χ0) is 13.7. The van der Waals surface area contributed by atoms with Gasteiger partial charge in [0.15, 0.2) is 0 Å². The number of carbonyl (C=O) groups is 1. The molecule has 0 aromatic heterocycles. The van der Waals surface area contributed by atoms with Crippen LogP contribution < -0.4 is 0 Å². The summed E-state index contributed by atoms with van der Waals surface area (Å²) in [4.78, 5) is 21.5. The highest BCUT2D eigenvalue weighted by Gasteiger charge is 2.19. The summed E-state index contributed by atoms with van der Waals surface area (Å²) in [7, 11) is 0. The molecule has 6 heteroatoms. The van der Waals surface area contributed by atoms with Gasteiger partial charge < -0.3 is 20.1 Å². The number of ether oxygens (including phenoxy) is 1. The molecule has 1 unspecified atom stereocenters. The van der Waals surface area contributed by atoms with Crippen LogP contribution >= 0.6 is 0 Å². The van der Waals surface area contributed by atoms with E-state index in [1.807, 2.05) is 0 Å². The van der Waals surface area contributed by atoms with Crippen LogP contribution in [-0.4, -0.2) is 33.8 Å². The van der Waals surface area contributed by atoms with Crippen molar-refractivity contribution in [2.75, 3.05) is 6.61 Å². The molecular formula is C12H12O6. The Balaban J connectivity index is 3.19. The van der Waals surface area contributed by atoms with Gasteiger partial charge in [0, 0.05) is 11.6 Å². The van der Waals surface area contributed by atoms with Crippen molar-refractivity contribution in [2.24, 2.45) is 0 Å². The van der Waals surface area contributed by atoms with Gasteiger partial charge in [-0.1, -0.05) is 0 Å². The van der Waals surface area contributed by atoms with E-state index >= 15 is 0 Å². The van der Waals surface area contributed by atoms with Gasteiger partial charge in [-0.3, -0.25) is 0 Å². The molecule has 0 aliphatic carbocycles. The molecule has 18 heavy (non-hydrogen) atoms. The van der Waals surface area contributed by atoms with Gasteiger partial charge in [-0.2, -0.15) is 0 Å². The number of carbonyl (C=O) groups excluding carboxylic acids is 2. The summed E-state index contributed by atoms with van der Waals surface area (Å²) in [6.45, 7) is 1.72. The third-order valence-corrected chi connectivity index (χ3v) is 2.18. The van der Waals surface area contributed by atoms with Crippen molar-refractivity contribution in [1.82, 2.24) is 0 Å². The fourth-order valence-electron chi connectivity index (χ4n) is 1.36. The quantitative estimate of drug-likeness (QED) is 0.414. The zero-order valence-electron chi connectivity index (χ0n) is 9.58. The number of aliphatic hydroxyl groups excluding tert-OH is 1. The third-order valence-electron chi connectivity index (χ3n) is 2.18. The Morgan fingerprint density at radius 2 is 2.11 bits per heavy atom. The van der Waals surface area contributed by atoms with Crippen LogP contribution in [0.4, 0.5) is 0 Å². The van der Waals surface area contributed by atoms with E-state index < -0.39 is 23.6 Å². The second-order valence-corrected chi connectivity index (χ2v) is 3.38. The number of benzene rings is 1. The smallest absolute Gasteiger partial charge is 0.342 e. The van der Waals surface area contributed by atoms with Crippen LogP contribution in [0.3, 0.4) is 0 Å². The highest BCUT2D eigenvalue weighted by atomic mass is 16.5. The largest absolute Gasteiger partial charge is 0.508 e. The SMILES string of the molecule is CCOC(=O)c1cc(O)c(C(O)C=C=O)cc1O. The topological polar surface area (TPSA) is 104 Å². The highest BCUT2D eigenvalue weighted by Crippen LogP contribution is 2.32. The van der Waals surface area contributed by atoms with Gasteiger partial charge in [0.25, 0.3) is 0 Å². The van der Waals surface area contributed by atoms with E-state index in [1.54, 1.807) is 6.92 Å². The first-order chi connectivity index (χ1) is 8.51. The maximum Gasteiger partial charge on any atom is 0.342 e. The number of hydrogen-bond donors (Lipinski definition) is 3. The lowest BCUT2D eigenvalue weighted by atomic mass is 10.0. The Hall–Kier alpha value is -2.30. The van der Waals surface area contributed by atoms with Crippen LogP contribution in [0, 0.1) is 0 Å². The first-order valence-electron chi connectivity index (χ1n) is 5.13. The molecule has 1 aromatic carbocycles. The van der Waals surface area contributed by atoms with Crippen molar-refractivity contribution < 1.29 is 29.6 Å². The van der Waals surface area contributed by atoms with Gasteiger partial charge in [0.1, 0.15) is 29.1 Å². The average Bonchev–Trinajstić information content (AvgIpc) is 2.32. The Kier molecular flexibility index (Phi) is 4.48. The molecule has 0 fully saturated rings. The van der Waals surface area contributed by atoms with Gasteiger partial charge in [-0.05, 0) is 19.1 Å². The maximum atomic E-state index is 11.4. The van der Waals surface area contributed by atoms with E-state index in [-0.39, 0.29) is 17.7 Å². The van der Waals surface area contributed by atoms with E-state index in [9.17, 15) is 24.9 Å². The second kappa shape index (κ2) is 5.86. The lowest BCUT2D eigenvalue weighted by Crippen LogP contribution is -2.06.